The van der Waals surface area contributed by atoms with E-state index in [9.17, 15) is 18.8 Å². The van der Waals surface area contributed by atoms with Gasteiger partial charge in [-0.3, -0.25) is 24.2 Å². The lowest BCUT2D eigenvalue weighted by Gasteiger charge is -2.22. The molecule has 8 heteroatoms. The van der Waals surface area contributed by atoms with Crippen LogP contribution in [-0.4, -0.2) is 65.1 Å². The van der Waals surface area contributed by atoms with Gasteiger partial charge in [0.1, 0.15) is 5.82 Å². The first-order chi connectivity index (χ1) is 13.4. The summed E-state index contributed by atoms with van der Waals surface area (Å²) in [6.07, 6.45) is 2.11. The fraction of sp³-hybridized carbons (Fsp3) is 0.550. The Morgan fingerprint density at radius 2 is 1.79 bits per heavy atom. The molecule has 0 aromatic heterocycles. The highest BCUT2D eigenvalue weighted by Crippen LogP contribution is 2.34. The Morgan fingerprint density at radius 1 is 1.07 bits per heavy atom. The zero-order valence-electron chi connectivity index (χ0n) is 15.6. The molecule has 1 aromatic carbocycles. The summed E-state index contributed by atoms with van der Waals surface area (Å²) in [5.41, 5.74) is 0.860. The van der Waals surface area contributed by atoms with Gasteiger partial charge in [0, 0.05) is 45.7 Å². The van der Waals surface area contributed by atoms with Gasteiger partial charge in [-0.15, -0.1) is 0 Å². The van der Waals surface area contributed by atoms with Gasteiger partial charge in [0.05, 0.1) is 16.9 Å². The molecular formula is C20H23ClFN3O3. The quantitative estimate of drug-likeness (QED) is 0.676. The third kappa shape index (κ3) is 3.65. The van der Waals surface area contributed by atoms with Crippen LogP contribution < -0.4 is 0 Å². The lowest BCUT2D eigenvalue weighted by Crippen LogP contribution is -2.38. The number of hydrogen-bond acceptors (Lipinski definition) is 4. The van der Waals surface area contributed by atoms with E-state index < -0.39 is 5.82 Å². The van der Waals surface area contributed by atoms with E-state index in [1.807, 2.05) is 0 Å². The Morgan fingerprint density at radius 3 is 2.39 bits per heavy atom. The number of amides is 3. The van der Waals surface area contributed by atoms with Gasteiger partial charge in [-0.2, -0.15) is 0 Å². The third-order valence-electron chi connectivity index (χ3n) is 5.93. The minimum Gasteiger partial charge on any atom is -0.343 e. The lowest BCUT2D eigenvalue weighted by molar-refractivity contribution is -0.140. The van der Waals surface area contributed by atoms with Crippen molar-refractivity contribution in [2.24, 2.45) is 11.8 Å². The molecule has 3 aliphatic rings. The molecule has 3 amide bonds. The Kier molecular flexibility index (Phi) is 5.38. The molecule has 0 saturated carbocycles. The van der Waals surface area contributed by atoms with E-state index in [0.717, 1.165) is 18.5 Å². The molecule has 0 spiro atoms. The summed E-state index contributed by atoms with van der Waals surface area (Å²) in [5, 5.41) is 0.0757. The summed E-state index contributed by atoms with van der Waals surface area (Å²) in [4.78, 5) is 42.3. The molecular weight excluding hydrogens is 385 g/mol. The number of carbonyl (C=O) groups excluding carboxylic acids is 3. The highest BCUT2D eigenvalue weighted by Gasteiger charge is 2.51. The number of imide groups is 1. The number of rotatable bonds is 6. The van der Waals surface area contributed by atoms with Gasteiger partial charge < -0.3 is 4.90 Å². The molecule has 3 aliphatic heterocycles. The van der Waals surface area contributed by atoms with Crippen molar-refractivity contribution in [2.75, 3.05) is 32.7 Å². The van der Waals surface area contributed by atoms with Crippen LogP contribution in [0.1, 0.15) is 24.8 Å². The van der Waals surface area contributed by atoms with E-state index >= 15 is 0 Å². The van der Waals surface area contributed by atoms with E-state index in [4.69, 9.17) is 11.6 Å². The fourth-order valence-corrected chi connectivity index (χ4v) is 4.70. The number of benzene rings is 1. The summed E-state index contributed by atoms with van der Waals surface area (Å²) in [6.45, 7) is 3.32. The molecule has 4 rings (SSSR count). The second-order valence-corrected chi connectivity index (χ2v) is 8.23. The van der Waals surface area contributed by atoms with Gasteiger partial charge in [-0.1, -0.05) is 17.7 Å². The molecule has 28 heavy (non-hydrogen) atoms. The third-order valence-corrected chi connectivity index (χ3v) is 6.22. The second kappa shape index (κ2) is 7.79. The normalized spacial score (nSPS) is 25.3. The average molecular weight is 408 g/mol. The number of hydrogen-bond donors (Lipinski definition) is 0. The van der Waals surface area contributed by atoms with Gasteiger partial charge in [0.25, 0.3) is 0 Å². The molecule has 6 nitrogen and oxygen atoms in total. The maximum atomic E-state index is 13.3. The van der Waals surface area contributed by atoms with Crippen LogP contribution in [0.2, 0.25) is 5.02 Å². The first-order valence-electron chi connectivity index (χ1n) is 9.73. The van der Waals surface area contributed by atoms with Crippen molar-refractivity contribution in [3.63, 3.8) is 0 Å². The molecule has 0 aliphatic carbocycles. The molecule has 150 valence electrons. The smallest absolute Gasteiger partial charge is 0.234 e. The molecule has 0 N–H and O–H groups in total. The average Bonchev–Trinajstić information content (AvgIpc) is 3.32. The van der Waals surface area contributed by atoms with Crippen LogP contribution in [0, 0.1) is 17.7 Å². The van der Waals surface area contributed by atoms with Gasteiger partial charge in [-0.05, 0) is 30.5 Å². The van der Waals surface area contributed by atoms with Gasteiger partial charge in [0.15, 0.2) is 0 Å². The standard InChI is InChI=1S/C20H23ClFN3O3/c21-16-9-13(4-5-17(16)22)10-23-11-14-15(12-23)20(28)25(19(14)27)8-2-7-24-6-1-3-18(24)26/h4-5,9,14-15H,1-3,6-8,10-12H2/t14-,15+. The Balaban J connectivity index is 1.31. The Bertz CT molecular complexity index is 794. The number of carbonyl (C=O) groups is 3. The summed E-state index contributed by atoms with van der Waals surface area (Å²) < 4.78 is 13.3. The molecule has 0 unspecified atom stereocenters. The van der Waals surface area contributed by atoms with E-state index in [1.54, 1.807) is 17.0 Å². The molecule has 1 aromatic rings. The molecule has 3 heterocycles. The highest BCUT2D eigenvalue weighted by atomic mass is 35.5. The van der Waals surface area contributed by atoms with Crippen LogP contribution in [0.5, 0.6) is 0 Å². The number of nitrogens with zero attached hydrogens (tertiary/aromatic N) is 3. The van der Waals surface area contributed by atoms with E-state index in [-0.39, 0.29) is 34.6 Å². The number of halogens is 2. The van der Waals surface area contributed by atoms with Crippen molar-refractivity contribution in [3.8, 4) is 0 Å². The largest absolute Gasteiger partial charge is 0.343 e. The second-order valence-electron chi connectivity index (χ2n) is 7.82. The van der Waals surface area contributed by atoms with Gasteiger partial charge in [0.2, 0.25) is 17.7 Å². The van der Waals surface area contributed by atoms with E-state index in [0.29, 0.717) is 45.6 Å². The SMILES string of the molecule is O=C1CCCN1CCCN1C(=O)[C@H]2CN(Cc3ccc(F)c(Cl)c3)C[C@H]2C1=O. The predicted octanol–water partition coefficient (Wildman–Crippen LogP) is 1.91. The van der Waals surface area contributed by atoms with E-state index in [2.05, 4.69) is 4.90 Å². The monoisotopic (exact) mass is 407 g/mol. The predicted molar refractivity (Wildman–Crippen MR) is 101 cm³/mol. The topological polar surface area (TPSA) is 60.9 Å². The molecule has 2 atom stereocenters. The summed E-state index contributed by atoms with van der Waals surface area (Å²) in [7, 11) is 0. The lowest BCUT2D eigenvalue weighted by atomic mass is 10.00. The number of fused-ring (bicyclic) bond motifs is 1. The molecule has 3 saturated heterocycles. The summed E-state index contributed by atoms with van der Waals surface area (Å²) in [5.74, 6) is -1.13. The first kappa shape index (κ1) is 19.3. The van der Waals surface area contributed by atoms with Crippen molar-refractivity contribution < 1.29 is 18.8 Å². The minimum atomic E-state index is -0.458. The van der Waals surface area contributed by atoms with Crippen LogP contribution in [-0.2, 0) is 20.9 Å². The minimum absolute atomic E-state index is 0.0757. The van der Waals surface area contributed by atoms with Crippen LogP contribution in [0.3, 0.4) is 0 Å². The van der Waals surface area contributed by atoms with Crippen LogP contribution in [0.25, 0.3) is 0 Å². The van der Waals surface area contributed by atoms with Crippen molar-refractivity contribution in [1.82, 2.24) is 14.7 Å². The Hall–Kier alpha value is -1.99. The van der Waals surface area contributed by atoms with Crippen molar-refractivity contribution in [2.45, 2.75) is 25.8 Å². The molecule has 3 fully saturated rings. The fourth-order valence-electron chi connectivity index (χ4n) is 4.50. The zero-order chi connectivity index (χ0) is 19.8. The van der Waals surface area contributed by atoms with Crippen LogP contribution >= 0.6 is 11.6 Å². The zero-order valence-corrected chi connectivity index (χ0v) is 16.3. The highest BCUT2D eigenvalue weighted by molar-refractivity contribution is 6.30. The number of likely N-dealkylation sites (tertiary alicyclic amines) is 3. The van der Waals surface area contributed by atoms with Crippen LogP contribution in [0.4, 0.5) is 4.39 Å². The van der Waals surface area contributed by atoms with Crippen LogP contribution in [0.15, 0.2) is 18.2 Å². The van der Waals surface area contributed by atoms with Gasteiger partial charge in [-0.25, -0.2) is 4.39 Å². The maximum absolute atomic E-state index is 13.3. The molecule has 0 bridgehead atoms. The van der Waals surface area contributed by atoms with Crippen molar-refractivity contribution >= 4 is 29.3 Å². The summed E-state index contributed by atoms with van der Waals surface area (Å²) >= 11 is 5.83. The van der Waals surface area contributed by atoms with Gasteiger partial charge >= 0.3 is 0 Å². The molecule has 0 radical (unpaired) electrons. The van der Waals surface area contributed by atoms with Crippen molar-refractivity contribution in [3.05, 3.63) is 34.6 Å². The Labute approximate surface area is 168 Å². The first-order valence-corrected chi connectivity index (χ1v) is 10.1. The summed E-state index contributed by atoms with van der Waals surface area (Å²) in [6, 6.07) is 4.59. The van der Waals surface area contributed by atoms with Crippen molar-refractivity contribution in [1.29, 1.82) is 0 Å². The van der Waals surface area contributed by atoms with E-state index in [1.165, 1.54) is 11.0 Å². The maximum Gasteiger partial charge on any atom is 0.234 e.